The molecule has 0 radical (unpaired) electrons. The summed E-state index contributed by atoms with van der Waals surface area (Å²) in [6.07, 6.45) is 4.73. The maximum Gasteiger partial charge on any atom is 0.321 e. The lowest BCUT2D eigenvalue weighted by Crippen LogP contribution is -2.56. The van der Waals surface area contributed by atoms with Crippen LogP contribution in [0.1, 0.15) is 32.1 Å². The molecule has 2 N–H and O–H groups in total. The lowest BCUT2D eigenvalue weighted by molar-refractivity contribution is -0.143. The summed E-state index contributed by atoms with van der Waals surface area (Å²) in [5.41, 5.74) is 0. The van der Waals surface area contributed by atoms with Crippen molar-refractivity contribution in [3.8, 4) is 11.5 Å². The highest BCUT2D eigenvalue weighted by molar-refractivity contribution is 5.95. The van der Waals surface area contributed by atoms with E-state index in [0.717, 1.165) is 25.7 Å². The normalized spacial score (nSPS) is 21.9. The molecule has 168 valence electrons. The average molecular weight is 431 g/mol. The van der Waals surface area contributed by atoms with E-state index in [2.05, 4.69) is 10.6 Å². The summed E-state index contributed by atoms with van der Waals surface area (Å²) >= 11 is 0. The molecule has 3 aliphatic rings. The molecule has 2 aliphatic heterocycles. The number of rotatable bonds is 4. The largest absolute Gasteiger partial charge is 0.485 e. The predicted octanol–water partition coefficient (Wildman–Crippen LogP) is 1.13. The average Bonchev–Trinajstić information content (AvgIpc) is 2.79. The quantitative estimate of drug-likeness (QED) is 0.743. The second kappa shape index (κ2) is 10.00. The smallest absolute Gasteiger partial charge is 0.321 e. The van der Waals surface area contributed by atoms with Crippen molar-refractivity contribution in [3.63, 3.8) is 0 Å². The van der Waals surface area contributed by atoms with Crippen molar-refractivity contribution in [2.75, 3.05) is 39.3 Å². The number of urea groups is 1. The second-order valence-corrected chi connectivity index (χ2v) is 8.32. The van der Waals surface area contributed by atoms with Gasteiger partial charge in [-0.3, -0.25) is 19.8 Å². The van der Waals surface area contributed by atoms with Crippen molar-refractivity contribution in [3.05, 3.63) is 24.3 Å². The number of benzene rings is 1. The van der Waals surface area contributed by atoms with Gasteiger partial charge in [0.15, 0.2) is 11.5 Å². The van der Waals surface area contributed by atoms with Gasteiger partial charge in [0.2, 0.25) is 12.0 Å². The van der Waals surface area contributed by atoms with Crippen molar-refractivity contribution in [2.24, 2.45) is 0 Å². The number of nitrogens with zero attached hydrogens (tertiary/aromatic N) is 2. The fraction of sp³-hybridized carbons (Fsp3) is 0.591. The summed E-state index contributed by atoms with van der Waals surface area (Å²) < 4.78 is 11.4. The molecule has 9 heteroatoms. The molecule has 0 aromatic heterocycles. The first kappa shape index (κ1) is 21.4. The van der Waals surface area contributed by atoms with E-state index in [1.807, 2.05) is 23.1 Å². The van der Waals surface area contributed by atoms with Gasteiger partial charge in [-0.2, -0.15) is 0 Å². The Morgan fingerprint density at radius 2 is 1.68 bits per heavy atom. The molecule has 4 rings (SSSR count). The Labute approximate surface area is 182 Å². The van der Waals surface area contributed by atoms with E-state index >= 15 is 0 Å². The first-order valence-electron chi connectivity index (χ1n) is 11.1. The van der Waals surface area contributed by atoms with Crippen LogP contribution in [0.4, 0.5) is 4.79 Å². The molecule has 2 fully saturated rings. The molecular weight excluding hydrogens is 400 g/mol. The van der Waals surface area contributed by atoms with E-state index in [4.69, 9.17) is 9.47 Å². The monoisotopic (exact) mass is 430 g/mol. The highest BCUT2D eigenvalue weighted by atomic mass is 16.6. The van der Waals surface area contributed by atoms with E-state index in [0.29, 0.717) is 37.7 Å². The summed E-state index contributed by atoms with van der Waals surface area (Å²) in [5, 5.41) is 5.31. The zero-order valence-electron chi connectivity index (χ0n) is 17.7. The van der Waals surface area contributed by atoms with Crippen LogP contribution in [0.5, 0.6) is 11.5 Å². The SMILES string of the molecule is O=C(CN1CCN(C(=O)[C@@H]2COc3ccccc3O2)CC1)NC(=O)NC1CCCCC1. The van der Waals surface area contributed by atoms with Gasteiger partial charge in [-0.25, -0.2) is 4.79 Å². The van der Waals surface area contributed by atoms with Crippen molar-refractivity contribution >= 4 is 17.8 Å². The zero-order chi connectivity index (χ0) is 21.6. The number of piperazine rings is 1. The fourth-order valence-corrected chi connectivity index (χ4v) is 4.31. The Balaban J connectivity index is 1.18. The summed E-state index contributed by atoms with van der Waals surface area (Å²) in [4.78, 5) is 40.7. The number of amides is 4. The van der Waals surface area contributed by atoms with Crippen LogP contribution in [-0.2, 0) is 9.59 Å². The summed E-state index contributed by atoms with van der Waals surface area (Å²) in [5.74, 6) is 0.794. The molecule has 1 saturated carbocycles. The van der Waals surface area contributed by atoms with Crippen LogP contribution in [0.15, 0.2) is 24.3 Å². The zero-order valence-corrected chi connectivity index (χ0v) is 17.7. The molecule has 4 amide bonds. The molecule has 31 heavy (non-hydrogen) atoms. The van der Waals surface area contributed by atoms with Crippen LogP contribution in [-0.4, -0.2) is 79.1 Å². The third-order valence-electron chi connectivity index (χ3n) is 6.03. The fourth-order valence-electron chi connectivity index (χ4n) is 4.31. The maximum atomic E-state index is 12.8. The number of carbonyl (C=O) groups excluding carboxylic acids is 3. The van der Waals surface area contributed by atoms with Crippen LogP contribution >= 0.6 is 0 Å². The lowest BCUT2D eigenvalue weighted by Gasteiger charge is -2.36. The topological polar surface area (TPSA) is 100 Å². The minimum absolute atomic E-state index is 0.106. The number of fused-ring (bicyclic) bond motifs is 1. The summed E-state index contributed by atoms with van der Waals surface area (Å²) in [6, 6.07) is 7.05. The minimum atomic E-state index is -0.659. The molecule has 1 aromatic carbocycles. The molecule has 0 unspecified atom stereocenters. The van der Waals surface area contributed by atoms with Gasteiger partial charge in [0, 0.05) is 32.2 Å². The van der Waals surface area contributed by atoms with Crippen LogP contribution in [0.2, 0.25) is 0 Å². The van der Waals surface area contributed by atoms with E-state index in [9.17, 15) is 14.4 Å². The Hall–Kier alpha value is -2.81. The molecular formula is C22H30N4O5. The number of imide groups is 1. The number of hydrogen-bond donors (Lipinski definition) is 2. The van der Waals surface area contributed by atoms with E-state index in [-0.39, 0.29) is 31.0 Å². The Kier molecular flexibility index (Phi) is 6.91. The van der Waals surface area contributed by atoms with Gasteiger partial charge in [0.1, 0.15) is 6.61 Å². The number of ether oxygens (including phenoxy) is 2. The number of nitrogens with one attached hydrogen (secondary N) is 2. The first-order chi connectivity index (χ1) is 15.1. The van der Waals surface area contributed by atoms with E-state index in [1.54, 1.807) is 11.0 Å². The number of hydrogen-bond acceptors (Lipinski definition) is 6. The van der Waals surface area contributed by atoms with Crippen molar-refractivity contribution in [1.82, 2.24) is 20.4 Å². The van der Waals surface area contributed by atoms with Gasteiger partial charge in [-0.05, 0) is 25.0 Å². The van der Waals surface area contributed by atoms with Gasteiger partial charge >= 0.3 is 6.03 Å². The van der Waals surface area contributed by atoms with Crippen molar-refractivity contribution in [1.29, 1.82) is 0 Å². The van der Waals surface area contributed by atoms with Crippen LogP contribution in [0.25, 0.3) is 0 Å². The van der Waals surface area contributed by atoms with Gasteiger partial charge < -0.3 is 19.7 Å². The third-order valence-corrected chi connectivity index (χ3v) is 6.03. The Bertz CT molecular complexity index is 803. The molecule has 1 aromatic rings. The standard InChI is InChI=1S/C22H30N4O5/c27-20(24-22(29)23-16-6-2-1-3-7-16)14-25-10-12-26(13-11-25)21(28)19-15-30-17-8-4-5-9-18(17)31-19/h4-5,8-9,16,19H,1-3,6-7,10-15H2,(H2,23,24,27,29)/t19-/m0/s1. The number of para-hydroxylation sites is 2. The van der Waals surface area contributed by atoms with E-state index < -0.39 is 12.1 Å². The van der Waals surface area contributed by atoms with Crippen LogP contribution in [0.3, 0.4) is 0 Å². The van der Waals surface area contributed by atoms with Gasteiger partial charge in [0.25, 0.3) is 5.91 Å². The van der Waals surface area contributed by atoms with Gasteiger partial charge in [0.05, 0.1) is 6.54 Å². The van der Waals surface area contributed by atoms with Crippen molar-refractivity contribution < 1.29 is 23.9 Å². The number of carbonyl (C=O) groups is 3. The van der Waals surface area contributed by atoms with Gasteiger partial charge in [-0.1, -0.05) is 31.4 Å². The second-order valence-electron chi connectivity index (χ2n) is 8.32. The molecule has 1 aliphatic carbocycles. The van der Waals surface area contributed by atoms with E-state index in [1.165, 1.54) is 6.42 Å². The van der Waals surface area contributed by atoms with Crippen molar-refractivity contribution in [2.45, 2.75) is 44.2 Å². The molecule has 2 heterocycles. The molecule has 1 atom stereocenters. The molecule has 0 spiro atoms. The van der Waals surface area contributed by atoms with Crippen LogP contribution in [0, 0.1) is 0 Å². The Morgan fingerprint density at radius 3 is 2.42 bits per heavy atom. The predicted molar refractivity (Wildman–Crippen MR) is 113 cm³/mol. The van der Waals surface area contributed by atoms with Crippen LogP contribution < -0.4 is 20.1 Å². The summed E-state index contributed by atoms with van der Waals surface area (Å²) in [7, 11) is 0. The molecule has 9 nitrogen and oxygen atoms in total. The maximum absolute atomic E-state index is 12.8. The minimum Gasteiger partial charge on any atom is -0.485 e. The Morgan fingerprint density at radius 1 is 0.968 bits per heavy atom. The lowest BCUT2D eigenvalue weighted by atomic mass is 9.96. The third kappa shape index (κ3) is 5.66. The highest BCUT2D eigenvalue weighted by Gasteiger charge is 2.33. The summed E-state index contributed by atoms with van der Waals surface area (Å²) in [6.45, 7) is 2.45. The van der Waals surface area contributed by atoms with Gasteiger partial charge in [-0.15, -0.1) is 0 Å². The molecule has 0 bridgehead atoms. The molecule has 1 saturated heterocycles. The first-order valence-corrected chi connectivity index (χ1v) is 11.1. The highest BCUT2D eigenvalue weighted by Crippen LogP contribution is 2.31.